The van der Waals surface area contributed by atoms with Gasteiger partial charge in [-0.3, -0.25) is 4.79 Å². The number of rotatable bonds is 7. The second kappa shape index (κ2) is 12.7. The number of nitrogens with one attached hydrogen (secondary N) is 2. The lowest BCUT2D eigenvalue weighted by atomic mass is 10.00. The number of ether oxygens (including phenoxy) is 1. The maximum atomic E-state index is 11.2. The van der Waals surface area contributed by atoms with Crippen molar-refractivity contribution in [3.05, 3.63) is 60.3 Å². The number of aromatic nitrogens is 1. The van der Waals surface area contributed by atoms with Crippen LogP contribution in [0.15, 0.2) is 54.7 Å². The molecule has 36 heavy (non-hydrogen) atoms. The monoisotopic (exact) mass is 486 g/mol. The summed E-state index contributed by atoms with van der Waals surface area (Å²) in [6.07, 6.45) is 4.95. The summed E-state index contributed by atoms with van der Waals surface area (Å²) in [5.74, 6) is 0.864. The largest absolute Gasteiger partial charge is 0.495 e. The molecule has 0 bridgehead atoms. The van der Waals surface area contributed by atoms with Gasteiger partial charge in [0.15, 0.2) is 6.29 Å². The first-order chi connectivity index (χ1) is 17.4. The predicted octanol–water partition coefficient (Wildman–Crippen LogP) is 4.10. The molecule has 8 nitrogen and oxygen atoms in total. The van der Waals surface area contributed by atoms with Crippen molar-refractivity contribution in [2.75, 3.05) is 51.9 Å². The third-order valence-electron chi connectivity index (χ3n) is 6.38. The van der Waals surface area contributed by atoms with Crippen LogP contribution in [0, 0.1) is 11.3 Å². The van der Waals surface area contributed by atoms with Crippen LogP contribution in [0.4, 0.5) is 11.5 Å². The van der Waals surface area contributed by atoms with Gasteiger partial charge in [0, 0.05) is 35.3 Å². The van der Waals surface area contributed by atoms with Crippen LogP contribution in [0.3, 0.4) is 0 Å². The fourth-order valence-electron chi connectivity index (χ4n) is 4.11. The van der Waals surface area contributed by atoms with E-state index in [0.717, 1.165) is 33.6 Å². The molecule has 1 aromatic heterocycles. The minimum Gasteiger partial charge on any atom is -0.495 e. The number of nitriles is 1. The normalized spacial score (nSPS) is 13.8. The summed E-state index contributed by atoms with van der Waals surface area (Å²) in [6, 6.07) is 14.3. The predicted molar refractivity (Wildman–Crippen MR) is 146 cm³/mol. The Kier molecular flexibility index (Phi) is 9.39. The number of aldehydes is 1. The van der Waals surface area contributed by atoms with Crippen molar-refractivity contribution in [2.24, 2.45) is 0 Å². The molecule has 1 saturated heterocycles. The number of carbonyl (C=O) groups is 1. The summed E-state index contributed by atoms with van der Waals surface area (Å²) in [5, 5.41) is 17.4. The molecule has 8 heteroatoms. The van der Waals surface area contributed by atoms with E-state index >= 15 is 0 Å². The average Bonchev–Trinajstić information content (AvgIpc) is 2.92. The zero-order valence-corrected chi connectivity index (χ0v) is 21.2. The minimum atomic E-state index is 0.202. The van der Waals surface area contributed by atoms with Gasteiger partial charge in [0.2, 0.25) is 0 Å². The van der Waals surface area contributed by atoms with E-state index in [-0.39, 0.29) is 5.82 Å². The Balaban J connectivity index is 0.000000338. The van der Waals surface area contributed by atoms with Gasteiger partial charge in [-0.05, 0) is 69.2 Å². The molecule has 0 amide bonds. The maximum absolute atomic E-state index is 11.2. The highest BCUT2D eigenvalue weighted by Crippen LogP contribution is 2.36. The third-order valence-corrected chi connectivity index (χ3v) is 6.38. The molecular weight excluding hydrogens is 452 g/mol. The van der Waals surface area contributed by atoms with Crippen molar-refractivity contribution >= 4 is 28.6 Å². The number of pyridine rings is 1. The first kappa shape index (κ1) is 26.7. The number of anilines is 2. The zero-order chi connectivity index (χ0) is 26.1. The highest BCUT2D eigenvalue weighted by Gasteiger charge is 2.14. The zero-order valence-electron chi connectivity index (χ0n) is 21.2. The molecule has 0 unspecified atom stereocenters. The summed E-state index contributed by atoms with van der Waals surface area (Å²) < 4.78 is 5.47. The molecule has 2 heterocycles. The number of piperidine rings is 1. The molecule has 1 aliphatic rings. The standard InChI is InChI=1S/C21H18N4O2.C7H16N2/c1-13(9-22)10-24-20-18-8-15(4-3-14(18)5-6-19(20)27-2)16-7-17(12-26)21(23)25-11-16;1-8-7-3-5-9(2)6-4-7/h3-8,11-12,24H,1,10H2,2H3,(H2,23,25);7-8H,3-6H2,1-2H3. The van der Waals surface area contributed by atoms with E-state index in [2.05, 4.69) is 41.2 Å². The molecular formula is C28H34N6O2. The molecule has 4 rings (SSSR count). The number of hydrogen-bond donors (Lipinski definition) is 3. The SMILES string of the molecule is C=C(C#N)CNc1c(OC)ccc2ccc(-c3cnc(N)c(C=O)c3)cc12.CNC1CCN(C)CC1. The second-order valence-electron chi connectivity index (χ2n) is 8.83. The van der Waals surface area contributed by atoms with Crippen molar-refractivity contribution in [1.82, 2.24) is 15.2 Å². The van der Waals surface area contributed by atoms with E-state index in [1.54, 1.807) is 19.4 Å². The summed E-state index contributed by atoms with van der Waals surface area (Å²) in [5.41, 5.74) is 8.91. The summed E-state index contributed by atoms with van der Waals surface area (Å²) in [7, 11) is 5.83. The van der Waals surface area contributed by atoms with Crippen molar-refractivity contribution < 1.29 is 9.53 Å². The van der Waals surface area contributed by atoms with Crippen LogP contribution in [-0.2, 0) is 0 Å². The fraction of sp³-hybridized carbons (Fsp3) is 0.321. The van der Waals surface area contributed by atoms with E-state index in [1.165, 1.54) is 25.9 Å². The lowest BCUT2D eigenvalue weighted by Gasteiger charge is -2.28. The number of hydrogen-bond acceptors (Lipinski definition) is 8. The molecule has 0 aliphatic carbocycles. The van der Waals surface area contributed by atoms with E-state index in [9.17, 15) is 4.79 Å². The van der Waals surface area contributed by atoms with Gasteiger partial charge in [0.25, 0.3) is 0 Å². The molecule has 2 aromatic carbocycles. The lowest BCUT2D eigenvalue weighted by molar-refractivity contribution is 0.112. The number of nitrogens with zero attached hydrogens (tertiary/aromatic N) is 3. The number of nitrogens with two attached hydrogens (primary N) is 1. The summed E-state index contributed by atoms with van der Waals surface area (Å²) >= 11 is 0. The molecule has 1 fully saturated rings. The van der Waals surface area contributed by atoms with E-state index in [1.807, 2.05) is 36.4 Å². The Morgan fingerprint density at radius 1 is 1.28 bits per heavy atom. The van der Waals surface area contributed by atoms with Gasteiger partial charge in [-0.1, -0.05) is 24.8 Å². The highest BCUT2D eigenvalue weighted by molar-refractivity contribution is 5.99. The summed E-state index contributed by atoms with van der Waals surface area (Å²) in [4.78, 5) is 17.6. The first-order valence-electron chi connectivity index (χ1n) is 11.9. The molecule has 0 saturated carbocycles. The van der Waals surface area contributed by atoms with Gasteiger partial charge < -0.3 is 26.0 Å². The smallest absolute Gasteiger partial charge is 0.153 e. The third kappa shape index (κ3) is 6.60. The van der Waals surface area contributed by atoms with E-state index in [0.29, 0.717) is 29.7 Å². The van der Waals surface area contributed by atoms with Gasteiger partial charge in [-0.25, -0.2) is 4.98 Å². The molecule has 0 atom stereocenters. The van der Waals surface area contributed by atoms with Crippen LogP contribution in [0.25, 0.3) is 21.9 Å². The van der Waals surface area contributed by atoms with Crippen molar-refractivity contribution in [3.8, 4) is 22.9 Å². The first-order valence-corrected chi connectivity index (χ1v) is 11.9. The van der Waals surface area contributed by atoms with Gasteiger partial charge in [0.05, 0.1) is 24.4 Å². The molecule has 0 spiro atoms. The Morgan fingerprint density at radius 2 is 2.00 bits per heavy atom. The Bertz CT molecular complexity index is 1260. The van der Waals surface area contributed by atoms with Crippen LogP contribution in [-0.4, -0.2) is 63.1 Å². The molecule has 3 aromatic rings. The van der Waals surface area contributed by atoms with Crippen molar-refractivity contribution in [3.63, 3.8) is 0 Å². The quantitative estimate of drug-likeness (QED) is 0.338. The van der Waals surface area contributed by atoms with Crippen molar-refractivity contribution in [2.45, 2.75) is 18.9 Å². The van der Waals surface area contributed by atoms with Crippen LogP contribution >= 0.6 is 0 Å². The number of fused-ring (bicyclic) bond motifs is 1. The number of nitrogen functional groups attached to an aromatic ring is 1. The number of likely N-dealkylation sites (tertiary alicyclic amines) is 1. The van der Waals surface area contributed by atoms with Crippen LogP contribution in [0.2, 0.25) is 0 Å². The van der Waals surface area contributed by atoms with Crippen LogP contribution < -0.4 is 21.1 Å². The second-order valence-corrected chi connectivity index (χ2v) is 8.83. The fourth-order valence-corrected chi connectivity index (χ4v) is 4.11. The Morgan fingerprint density at radius 3 is 2.64 bits per heavy atom. The van der Waals surface area contributed by atoms with Crippen LogP contribution in [0.5, 0.6) is 5.75 Å². The van der Waals surface area contributed by atoms with Gasteiger partial charge in [-0.2, -0.15) is 5.26 Å². The van der Waals surface area contributed by atoms with Gasteiger partial charge in [0.1, 0.15) is 11.6 Å². The lowest BCUT2D eigenvalue weighted by Crippen LogP contribution is -2.39. The number of carbonyl (C=O) groups excluding carboxylic acids is 1. The van der Waals surface area contributed by atoms with Crippen molar-refractivity contribution in [1.29, 1.82) is 5.26 Å². The Labute approximate surface area is 212 Å². The number of methoxy groups -OCH3 is 1. The van der Waals surface area contributed by atoms with Gasteiger partial charge >= 0.3 is 0 Å². The van der Waals surface area contributed by atoms with Gasteiger partial charge in [-0.15, -0.1) is 0 Å². The summed E-state index contributed by atoms with van der Waals surface area (Å²) in [6.45, 7) is 6.52. The van der Waals surface area contributed by atoms with E-state index < -0.39 is 0 Å². The van der Waals surface area contributed by atoms with E-state index in [4.69, 9.17) is 15.7 Å². The maximum Gasteiger partial charge on any atom is 0.153 e. The average molecular weight is 487 g/mol. The Hall–Kier alpha value is -3.93. The molecule has 4 N–H and O–H groups in total. The number of benzene rings is 2. The minimum absolute atomic E-state index is 0.202. The van der Waals surface area contributed by atoms with Crippen LogP contribution in [0.1, 0.15) is 23.2 Å². The molecule has 188 valence electrons. The highest BCUT2D eigenvalue weighted by atomic mass is 16.5. The topological polar surface area (TPSA) is 116 Å². The molecule has 0 radical (unpaired) electrons. The molecule has 1 aliphatic heterocycles.